The van der Waals surface area contributed by atoms with Gasteiger partial charge in [0, 0.05) is 16.7 Å². The largest absolute Gasteiger partial charge is 0.474 e. The highest BCUT2D eigenvalue weighted by atomic mass is 79.9. The van der Waals surface area contributed by atoms with Crippen molar-refractivity contribution in [1.29, 1.82) is 0 Å². The van der Waals surface area contributed by atoms with Gasteiger partial charge in [-0.2, -0.15) is 0 Å². The lowest BCUT2D eigenvalue weighted by molar-refractivity contribution is 0.0808. The summed E-state index contributed by atoms with van der Waals surface area (Å²) in [5.41, 5.74) is 4.85. The Labute approximate surface area is 95.7 Å². The van der Waals surface area contributed by atoms with Gasteiger partial charge in [-0.05, 0) is 13.0 Å². The summed E-state index contributed by atoms with van der Waals surface area (Å²) in [5.74, 6) is 0.462. The third kappa shape index (κ3) is 4.64. The van der Waals surface area contributed by atoms with Crippen molar-refractivity contribution in [1.82, 2.24) is 4.98 Å². The molecule has 6 heteroatoms. The molecule has 2 N–H and O–H groups in total. The van der Waals surface area contributed by atoms with Crippen LogP contribution in [-0.2, 0) is 4.74 Å². The van der Waals surface area contributed by atoms with Crippen LogP contribution in [0.4, 0.5) is 4.79 Å². The summed E-state index contributed by atoms with van der Waals surface area (Å²) < 4.78 is 10.8. The van der Waals surface area contributed by atoms with Gasteiger partial charge in [0.1, 0.15) is 12.7 Å². The summed E-state index contributed by atoms with van der Waals surface area (Å²) in [5, 5.41) is 0. The van der Waals surface area contributed by atoms with Crippen LogP contribution in [0.5, 0.6) is 5.88 Å². The summed E-state index contributed by atoms with van der Waals surface area (Å²) in [4.78, 5) is 14.4. The molecule has 0 bridgehead atoms. The quantitative estimate of drug-likeness (QED) is 0.907. The Hall–Kier alpha value is -1.30. The molecule has 0 aliphatic carbocycles. The van der Waals surface area contributed by atoms with Crippen LogP contribution < -0.4 is 10.5 Å². The maximum Gasteiger partial charge on any atom is 0.404 e. The number of nitrogens with two attached hydrogens (primary N) is 1. The Bertz CT molecular complexity index is 346. The number of primary amides is 1. The normalized spacial score (nSPS) is 11.9. The van der Waals surface area contributed by atoms with Crippen molar-refractivity contribution in [3.05, 3.63) is 22.8 Å². The number of hydrogen-bond donors (Lipinski definition) is 1. The van der Waals surface area contributed by atoms with E-state index in [-0.39, 0.29) is 6.61 Å². The number of ether oxygens (including phenoxy) is 2. The molecule has 0 radical (unpaired) electrons. The fourth-order valence-electron chi connectivity index (χ4n) is 0.899. The van der Waals surface area contributed by atoms with E-state index in [0.717, 1.165) is 4.47 Å². The van der Waals surface area contributed by atoms with Gasteiger partial charge in [0.15, 0.2) is 0 Å². The molecule has 82 valence electrons. The first-order valence-corrected chi connectivity index (χ1v) is 5.07. The highest BCUT2D eigenvalue weighted by Gasteiger charge is 2.07. The standard InChI is InChI=1S/C9H11BrN2O3/c1-6(15-9(11)13)5-14-8-4-7(10)2-3-12-8/h2-4,6H,5H2,1H3,(H2,11,13). The Kier molecular flexibility index (Phi) is 4.36. The van der Waals surface area contributed by atoms with E-state index in [0.29, 0.717) is 5.88 Å². The van der Waals surface area contributed by atoms with E-state index in [9.17, 15) is 4.79 Å². The van der Waals surface area contributed by atoms with Gasteiger partial charge >= 0.3 is 6.09 Å². The SMILES string of the molecule is CC(COc1cc(Br)ccn1)OC(N)=O. The highest BCUT2D eigenvalue weighted by Crippen LogP contribution is 2.14. The van der Waals surface area contributed by atoms with Crippen molar-refractivity contribution in [3.8, 4) is 5.88 Å². The van der Waals surface area contributed by atoms with Gasteiger partial charge in [0.05, 0.1) is 0 Å². The Morgan fingerprint density at radius 2 is 2.47 bits per heavy atom. The average Bonchev–Trinajstić information content (AvgIpc) is 2.14. The molecule has 1 aromatic rings. The molecule has 1 aromatic heterocycles. The molecular weight excluding hydrogens is 264 g/mol. The number of nitrogens with zero attached hydrogens (tertiary/aromatic N) is 1. The van der Waals surface area contributed by atoms with Gasteiger partial charge in [-0.15, -0.1) is 0 Å². The first-order valence-electron chi connectivity index (χ1n) is 4.28. The van der Waals surface area contributed by atoms with Crippen LogP contribution in [-0.4, -0.2) is 23.8 Å². The van der Waals surface area contributed by atoms with Gasteiger partial charge in [-0.3, -0.25) is 0 Å². The number of hydrogen-bond acceptors (Lipinski definition) is 4. The number of amides is 1. The molecular formula is C9H11BrN2O3. The van der Waals surface area contributed by atoms with Crippen LogP contribution in [0.2, 0.25) is 0 Å². The monoisotopic (exact) mass is 274 g/mol. The zero-order valence-corrected chi connectivity index (χ0v) is 9.73. The minimum atomic E-state index is -0.812. The van der Waals surface area contributed by atoms with Crippen LogP contribution in [0.15, 0.2) is 22.8 Å². The van der Waals surface area contributed by atoms with Crippen molar-refractivity contribution in [2.75, 3.05) is 6.61 Å². The lowest BCUT2D eigenvalue weighted by Gasteiger charge is -2.11. The van der Waals surface area contributed by atoms with Crippen LogP contribution in [0, 0.1) is 0 Å². The maximum atomic E-state index is 10.4. The molecule has 1 atom stereocenters. The molecule has 0 saturated heterocycles. The number of aromatic nitrogens is 1. The fourth-order valence-corrected chi connectivity index (χ4v) is 1.21. The van der Waals surface area contributed by atoms with Crippen LogP contribution in [0.3, 0.4) is 0 Å². The molecule has 0 fully saturated rings. The van der Waals surface area contributed by atoms with Gasteiger partial charge in [-0.1, -0.05) is 15.9 Å². The van der Waals surface area contributed by atoms with Crippen molar-refractivity contribution in [2.45, 2.75) is 13.0 Å². The van der Waals surface area contributed by atoms with E-state index >= 15 is 0 Å². The molecule has 1 amide bonds. The zero-order chi connectivity index (χ0) is 11.3. The van der Waals surface area contributed by atoms with E-state index in [1.54, 1.807) is 25.3 Å². The zero-order valence-electron chi connectivity index (χ0n) is 8.14. The molecule has 1 heterocycles. The topological polar surface area (TPSA) is 74.4 Å². The molecule has 0 spiro atoms. The van der Waals surface area contributed by atoms with Gasteiger partial charge in [-0.25, -0.2) is 9.78 Å². The third-order valence-electron chi connectivity index (χ3n) is 1.48. The van der Waals surface area contributed by atoms with Crippen LogP contribution >= 0.6 is 15.9 Å². The van der Waals surface area contributed by atoms with E-state index in [1.165, 1.54) is 0 Å². The van der Waals surface area contributed by atoms with E-state index in [2.05, 4.69) is 25.7 Å². The van der Waals surface area contributed by atoms with Crippen molar-refractivity contribution < 1.29 is 14.3 Å². The minimum absolute atomic E-state index is 0.215. The molecule has 1 rings (SSSR count). The van der Waals surface area contributed by atoms with E-state index < -0.39 is 12.2 Å². The summed E-state index contributed by atoms with van der Waals surface area (Å²) in [6.45, 7) is 1.90. The van der Waals surface area contributed by atoms with Gasteiger partial charge in [0.2, 0.25) is 5.88 Å². The van der Waals surface area contributed by atoms with Crippen LogP contribution in [0.25, 0.3) is 0 Å². The van der Waals surface area contributed by atoms with Crippen molar-refractivity contribution >= 4 is 22.0 Å². The maximum absolute atomic E-state index is 10.4. The number of pyridine rings is 1. The first kappa shape index (κ1) is 11.8. The fraction of sp³-hybridized carbons (Fsp3) is 0.333. The van der Waals surface area contributed by atoms with Crippen LogP contribution in [0.1, 0.15) is 6.92 Å². The lowest BCUT2D eigenvalue weighted by Crippen LogP contribution is -2.25. The molecule has 5 nitrogen and oxygen atoms in total. The molecule has 0 saturated carbocycles. The first-order chi connectivity index (χ1) is 7.08. The summed E-state index contributed by atoms with van der Waals surface area (Å²) in [6.07, 6.45) is 0.399. The molecule has 0 aliphatic heterocycles. The molecule has 0 aliphatic rings. The molecule has 0 aromatic carbocycles. The third-order valence-corrected chi connectivity index (χ3v) is 1.97. The number of carbonyl (C=O) groups excluding carboxylic acids is 1. The second kappa shape index (κ2) is 5.55. The average molecular weight is 275 g/mol. The van der Waals surface area contributed by atoms with Crippen molar-refractivity contribution in [3.63, 3.8) is 0 Å². The number of halogens is 1. The van der Waals surface area contributed by atoms with E-state index in [4.69, 9.17) is 10.5 Å². The highest BCUT2D eigenvalue weighted by molar-refractivity contribution is 9.10. The van der Waals surface area contributed by atoms with Crippen molar-refractivity contribution in [2.24, 2.45) is 5.73 Å². The summed E-state index contributed by atoms with van der Waals surface area (Å²) >= 11 is 3.28. The van der Waals surface area contributed by atoms with Gasteiger partial charge < -0.3 is 15.2 Å². The van der Waals surface area contributed by atoms with E-state index in [1.807, 2.05) is 0 Å². The Balaban J connectivity index is 2.40. The second-order valence-corrected chi connectivity index (χ2v) is 3.79. The van der Waals surface area contributed by atoms with Gasteiger partial charge in [0.25, 0.3) is 0 Å². The summed E-state index contributed by atoms with van der Waals surface area (Å²) in [6, 6.07) is 3.51. The smallest absolute Gasteiger partial charge is 0.404 e. The Morgan fingerprint density at radius 3 is 3.07 bits per heavy atom. The lowest BCUT2D eigenvalue weighted by atomic mass is 10.4. The minimum Gasteiger partial charge on any atom is -0.474 e. The second-order valence-electron chi connectivity index (χ2n) is 2.87. The number of rotatable bonds is 4. The summed E-state index contributed by atoms with van der Waals surface area (Å²) in [7, 11) is 0. The Morgan fingerprint density at radius 1 is 1.73 bits per heavy atom. The predicted octanol–water partition coefficient (Wildman–Crippen LogP) is 1.71. The predicted molar refractivity (Wildman–Crippen MR) is 57.6 cm³/mol. The number of carbonyl (C=O) groups is 1. The molecule has 15 heavy (non-hydrogen) atoms. The molecule has 1 unspecified atom stereocenters.